The number of aromatic nitrogens is 7. The van der Waals surface area contributed by atoms with Gasteiger partial charge in [-0.05, 0) is 60.7 Å². The van der Waals surface area contributed by atoms with Crippen molar-refractivity contribution in [1.82, 2.24) is 34.1 Å². The summed E-state index contributed by atoms with van der Waals surface area (Å²) >= 11 is 0. The Morgan fingerprint density at radius 1 is 0.265 bits per heavy atom. The lowest BCUT2D eigenvalue weighted by Crippen LogP contribution is -2.04. The van der Waals surface area contributed by atoms with Gasteiger partial charge in [0.15, 0.2) is 23.3 Å². The van der Waals surface area contributed by atoms with Crippen LogP contribution >= 0.6 is 0 Å². The highest BCUT2D eigenvalue weighted by atomic mass is 15.0. The van der Waals surface area contributed by atoms with Crippen LogP contribution in [0.25, 0.3) is 123 Å². The van der Waals surface area contributed by atoms with Gasteiger partial charge in [-0.25, -0.2) is 24.9 Å². The SMILES string of the molecule is c1ccc(-c2cc(-c3ccccc3)nc(-c3cc(-c4nc(-c5ccccc5)nc(-c5ccccc5)n4)ccc3-n3c4ccccc4c4c5c6ccccc6n(-c6ccccc6)c5ccc43)n2)cc1. The topological polar surface area (TPSA) is 74.3 Å². The van der Waals surface area contributed by atoms with E-state index in [-0.39, 0.29) is 0 Å². The molecular formula is C61H39N7. The molecule has 7 heteroatoms. The van der Waals surface area contributed by atoms with Crippen LogP contribution in [0, 0.1) is 0 Å². The second kappa shape index (κ2) is 16.3. The summed E-state index contributed by atoms with van der Waals surface area (Å²) in [7, 11) is 0. The third-order valence-electron chi connectivity index (χ3n) is 12.8. The normalized spacial score (nSPS) is 11.5. The van der Waals surface area contributed by atoms with Crippen LogP contribution in [-0.2, 0) is 0 Å². The first-order valence-corrected chi connectivity index (χ1v) is 22.8. The zero-order valence-electron chi connectivity index (χ0n) is 36.6. The van der Waals surface area contributed by atoms with E-state index in [0.29, 0.717) is 23.3 Å². The van der Waals surface area contributed by atoms with Crippen LogP contribution in [0.15, 0.2) is 237 Å². The molecule has 13 aromatic rings. The lowest BCUT2D eigenvalue weighted by Gasteiger charge is -2.17. The van der Waals surface area contributed by atoms with Gasteiger partial charge in [-0.1, -0.05) is 176 Å². The molecular weight excluding hydrogens is 831 g/mol. The highest BCUT2D eigenvalue weighted by Gasteiger charge is 2.24. The lowest BCUT2D eigenvalue weighted by molar-refractivity contribution is 1.07. The number of rotatable bonds is 8. The Bertz CT molecular complexity index is 3880. The van der Waals surface area contributed by atoms with Gasteiger partial charge in [0.25, 0.3) is 0 Å². The van der Waals surface area contributed by atoms with Crippen molar-refractivity contribution in [3.05, 3.63) is 237 Å². The summed E-state index contributed by atoms with van der Waals surface area (Å²) in [4.78, 5) is 26.2. The average Bonchev–Trinajstić information content (AvgIpc) is 3.94. The zero-order valence-corrected chi connectivity index (χ0v) is 36.6. The smallest absolute Gasteiger partial charge is 0.164 e. The van der Waals surface area contributed by atoms with Gasteiger partial charge in [0.05, 0.1) is 39.1 Å². The zero-order chi connectivity index (χ0) is 45.0. The molecule has 318 valence electrons. The van der Waals surface area contributed by atoms with Crippen molar-refractivity contribution in [1.29, 1.82) is 0 Å². The molecule has 0 aliphatic carbocycles. The molecule has 0 aliphatic rings. The van der Waals surface area contributed by atoms with Crippen molar-refractivity contribution < 1.29 is 0 Å². The van der Waals surface area contributed by atoms with Crippen LogP contribution in [0.2, 0.25) is 0 Å². The van der Waals surface area contributed by atoms with Crippen molar-refractivity contribution in [3.8, 4) is 79.4 Å². The van der Waals surface area contributed by atoms with E-state index in [4.69, 9.17) is 24.9 Å². The molecule has 0 unspecified atom stereocenters. The van der Waals surface area contributed by atoms with Gasteiger partial charge in [0, 0.05) is 60.6 Å². The van der Waals surface area contributed by atoms with Crippen molar-refractivity contribution in [2.45, 2.75) is 0 Å². The van der Waals surface area contributed by atoms with Crippen molar-refractivity contribution >= 4 is 43.6 Å². The van der Waals surface area contributed by atoms with E-state index < -0.39 is 0 Å². The first-order chi connectivity index (χ1) is 33.7. The highest BCUT2D eigenvalue weighted by Crippen LogP contribution is 2.44. The van der Waals surface area contributed by atoms with Gasteiger partial charge in [-0.15, -0.1) is 0 Å². The average molecular weight is 870 g/mol. The van der Waals surface area contributed by atoms with Gasteiger partial charge in [0.2, 0.25) is 0 Å². The molecule has 13 rings (SSSR count). The summed E-state index contributed by atoms with van der Waals surface area (Å²) in [5.74, 6) is 2.31. The Kier molecular flexibility index (Phi) is 9.35. The third-order valence-corrected chi connectivity index (χ3v) is 12.8. The molecule has 9 aromatic carbocycles. The highest BCUT2D eigenvalue weighted by molar-refractivity contribution is 6.29. The number of para-hydroxylation sites is 3. The summed E-state index contributed by atoms with van der Waals surface area (Å²) in [6, 6.07) is 82.0. The number of hydrogen-bond acceptors (Lipinski definition) is 5. The van der Waals surface area contributed by atoms with Crippen molar-refractivity contribution in [2.24, 2.45) is 0 Å². The molecule has 0 aliphatic heterocycles. The minimum atomic E-state index is 0.547. The van der Waals surface area contributed by atoms with Crippen LogP contribution in [0.5, 0.6) is 0 Å². The van der Waals surface area contributed by atoms with Gasteiger partial charge >= 0.3 is 0 Å². The van der Waals surface area contributed by atoms with Crippen LogP contribution < -0.4 is 0 Å². The predicted octanol–water partition coefficient (Wildman–Crippen LogP) is 14.9. The van der Waals surface area contributed by atoms with E-state index in [2.05, 4.69) is 149 Å². The molecule has 0 radical (unpaired) electrons. The second-order valence-corrected chi connectivity index (χ2v) is 16.9. The van der Waals surface area contributed by atoms with E-state index in [1.54, 1.807) is 0 Å². The maximum absolute atomic E-state index is 5.44. The molecule has 4 aromatic heterocycles. The fraction of sp³-hybridized carbons (Fsp3) is 0. The third kappa shape index (κ3) is 6.64. The van der Waals surface area contributed by atoms with E-state index in [9.17, 15) is 0 Å². The molecule has 0 amide bonds. The Morgan fingerprint density at radius 2 is 0.676 bits per heavy atom. The first kappa shape index (κ1) is 39.1. The minimum Gasteiger partial charge on any atom is -0.309 e. The Morgan fingerprint density at radius 3 is 1.19 bits per heavy atom. The van der Waals surface area contributed by atoms with Crippen LogP contribution in [0.3, 0.4) is 0 Å². The van der Waals surface area contributed by atoms with E-state index >= 15 is 0 Å². The molecule has 7 nitrogen and oxygen atoms in total. The second-order valence-electron chi connectivity index (χ2n) is 16.9. The summed E-state index contributed by atoms with van der Waals surface area (Å²) in [6.07, 6.45) is 0. The standard InChI is InChI=1S/C61H39N7/c1-6-20-40(21-7-1)49-39-50(41-22-8-2-9-23-41)63-61(62-49)48-38-44(60-65-58(42-24-10-3-11-25-42)64-59(66-60)43-26-12-4-13-27-43)34-35-53(48)68-52-33-19-17-31-47(52)57-55(68)37-36-54-56(57)46-30-16-18-32-51(46)67(54)45-28-14-5-15-29-45/h1-39H. The molecule has 0 N–H and O–H groups in total. The molecule has 0 saturated carbocycles. The van der Waals surface area contributed by atoms with Gasteiger partial charge in [-0.3, -0.25) is 0 Å². The van der Waals surface area contributed by atoms with E-state index in [1.165, 1.54) is 16.2 Å². The lowest BCUT2D eigenvalue weighted by atomic mass is 10.0. The Hall–Kier alpha value is -9.33. The van der Waals surface area contributed by atoms with Crippen LogP contribution in [0.1, 0.15) is 0 Å². The molecule has 0 fully saturated rings. The molecule has 0 spiro atoms. The Balaban J connectivity index is 1.12. The summed E-state index contributed by atoms with van der Waals surface area (Å²) in [6.45, 7) is 0. The fourth-order valence-electron chi connectivity index (χ4n) is 9.70. The summed E-state index contributed by atoms with van der Waals surface area (Å²) in [5.41, 5.74) is 13.6. The maximum Gasteiger partial charge on any atom is 0.164 e. The molecule has 4 heterocycles. The van der Waals surface area contributed by atoms with Gasteiger partial charge in [-0.2, -0.15) is 0 Å². The molecule has 0 bridgehead atoms. The Labute approximate surface area is 392 Å². The monoisotopic (exact) mass is 869 g/mol. The minimum absolute atomic E-state index is 0.547. The molecule has 68 heavy (non-hydrogen) atoms. The number of fused-ring (bicyclic) bond motifs is 7. The van der Waals surface area contributed by atoms with Crippen LogP contribution in [0.4, 0.5) is 0 Å². The molecule has 0 saturated heterocycles. The van der Waals surface area contributed by atoms with E-state index in [1.807, 2.05) is 97.1 Å². The van der Waals surface area contributed by atoms with Crippen LogP contribution in [-0.4, -0.2) is 34.1 Å². The predicted molar refractivity (Wildman–Crippen MR) is 277 cm³/mol. The fourth-order valence-corrected chi connectivity index (χ4v) is 9.70. The van der Waals surface area contributed by atoms with Gasteiger partial charge in [0.1, 0.15) is 0 Å². The number of benzene rings is 9. The number of hydrogen-bond donors (Lipinski definition) is 0. The van der Waals surface area contributed by atoms with Crippen molar-refractivity contribution in [3.63, 3.8) is 0 Å². The van der Waals surface area contributed by atoms with E-state index in [0.717, 1.165) is 83.6 Å². The molecule has 0 atom stereocenters. The van der Waals surface area contributed by atoms with Crippen molar-refractivity contribution in [2.75, 3.05) is 0 Å². The maximum atomic E-state index is 5.44. The quantitative estimate of drug-likeness (QED) is 0.152. The summed E-state index contributed by atoms with van der Waals surface area (Å²) in [5, 5.41) is 4.73. The number of nitrogens with zero attached hydrogens (tertiary/aromatic N) is 7. The van der Waals surface area contributed by atoms with Gasteiger partial charge < -0.3 is 9.13 Å². The summed E-state index contributed by atoms with van der Waals surface area (Å²) < 4.78 is 4.77. The largest absolute Gasteiger partial charge is 0.309 e. The first-order valence-electron chi connectivity index (χ1n) is 22.8.